The molecule has 0 fully saturated rings. The second-order valence-electron chi connectivity index (χ2n) is 3.69. The number of rotatable bonds is 8. The molecule has 0 heterocycles. The minimum Gasteiger partial charge on any atom is -0.393 e. The average molecular weight is 433 g/mol. The predicted octanol–water partition coefficient (Wildman–Crippen LogP) is 2.73. The summed E-state index contributed by atoms with van der Waals surface area (Å²) >= 11 is 0. The van der Waals surface area contributed by atoms with E-state index in [1.165, 1.54) is 6.92 Å². The third-order valence-corrected chi connectivity index (χ3v) is 3.30. The number of hydrogen-bond acceptors (Lipinski definition) is 5. The summed E-state index contributed by atoms with van der Waals surface area (Å²) < 4.78 is 49.9. The van der Waals surface area contributed by atoms with Crippen molar-refractivity contribution < 1.29 is 59.3 Å². The van der Waals surface area contributed by atoms with Crippen molar-refractivity contribution >= 4 is 8.60 Å². The van der Waals surface area contributed by atoms with Crippen LogP contribution in [0.25, 0.3) is 0 Å². The van der Waals surface area contributed by atoms with Gasteiger partial charge in [0, 0.05) is 28.8 Å². The van der Waals surface area contributed by atoms with Crippen LogP contribution in [0.15, 0.2) is 0 Å². The van der Waals surface area contributed by atoms with E-state index in [1.807, 2.05) is 20.8 Å². The largest absolute Gasteiger partial charge is 0.414 e. The molecule has 0 aromatic heterocycles. The number of aliphatic hydroxyl groups is 2. The number of alkyl halides is 3. The van der Waals surface area contributed by atoms with Crippen molar-refractivity contribution in [1.82, 2.24) is 0 Å². The van der Waals surface area contributed by atoms with Crippen molar-refractivity contribution in [3.63, 3.8) is 0 Å². The molecule has 0 aliphatic rings. The van der Waals surface area contributed by atoms with Gasteiger partial charge in [-0.1, -0.05) is 0 Å². The maximum Gasteiger partial charge on any atom is 0.414 e. The van der Waals surface area contributed by atoms with Crippen LogP contribution < -0.4 is 0 Å². The van der Waals surface area contributed by atoms with E-state index in [-0.39, 0.29) is 22.4 Å². The Bertz CT molecular complexity index is 208. The molecule has 2 N–H and O–H groups in total. The summed E-state index contributed by atoms with van der Waals surface area (Å²) in [7, 11) is -1.40. The van der Waals surface area contributed by atoms with Gasteiger partial charge < -0.3 is 10.2 Å². The normalized spacial score (nSPS) is 14.0. The van der Waals surface area contributed by atoms with Crippen LogP contribution in [-0.4, -0.2) is 48.4 Å². The zero-order chi connectivity index (χ0) is 16.2. The molecule has 5 nitrogen and oxygen atoms in total. The molecule has 1 radical (unpaired) electrons. The Balaban J connectivity index is -0.000000295. The summed E-state index contributed by atoms with van der Waals surface area (Å²) in [6.45, 7) is 8.97. The molecule has 0 saturated carbocycles. The molecule has 0 bridgehead atoms. The van der Waals surface area contributed by atoms with Crippen LogP contribution in [0.5, 0.6) is 0 Å². The zero-order valence-electron chi connectivity index (χ0n) is 12.5. The molecule has 10 heteroatoms. The predicted molar refractivity (Wildman–Crippen MR) is 71.6 cm³/mol. The molecule has 2 unspecified atom stereocenters. The van der Waals surface area contributed by atoms with E-state index in [4.69, 9.17) is 23.8 Å². The molecule has 0 aliphatic heterocycles. The molecule has 0 aromatic rings. The van der Waals surface area contributed by atoms with E-state index in [0.29, 0.717) is 19.8 Å². The molecular weight excluding hydrogens is 408 g/mol. The first kappa shape index (κ1) is 26.6. The van der Waals surface area contributed by atoms with Gasteiger partial charge in [0.2, 0.25) is 0 Å². The van der Waals surface area contributed by atoms with Gasteiger partial charge in [0.25, 0.3) is 0 Å². The summed E-state index contributed by atoms with van der Waals surface area (Å²) in [5.41, 5.74) is 0. The first-order valence-corrected chi connectivity index (χ1v) is 7.59. The Morgan fingerprint density at radius 3 is 1.43 bits per heavy atom. The molecule has 2 atom stereocenters. The molecule has 0 saturated heterocycles. The number of halogens is 3. The molecule has 135 valence electrons. The van der Waals surface area contributed by atoms with Crippen molar-refractivity contribution in [2.24, 2.45) is 0 Å². The molecule has 0 spiro atoms. The summed E-state index contributed by atoms with van der Waals surface area (Å²) in [4.78, 5) is 0. The van der Waals surface area contributed by atoms with E-state index >= 15 is 0 Å². The van der Waals surface area contributed by atoms with Gasteiger partial charge in [-0.2, -0.15) is 26.7 Å². The van der Waals surface area contributed by atoms with Crippen molar-refractivity contribution in [3.05, 3.63) is 0 Å². The second-order valence-corrected chi connectivity index (χ2v) is 5.06. The van der Waals surface area contributed by atoms with Crippen LogP contribution in [0.4, 0.5) is 13.2 Å². The maximum atomic E-state index is 11.4. The topological polar surface area (TPSA) is 68.2 Å². The summed E-state index contributed by atoms with van der Waals surface area (Å²) in [6.07, 6.45) is -8.82. The minimum absolute atomic E-state index is 0. The first-order valence-electron chi connectivity index (χ1n) is 6.37. The van der Waals surface area contributed by atoms with Gasteiger partial charge in [-0.15, -0.1) is 0 Å². The van der Waals surface area contributed by atoms with Crippen LogP contribution in [-0.2, 0) is 36.0 Å². The molecule has 0 aromatic carbocycles. The standard InChI is InChI=1S/C6H16O3P.C5H9F3O2.Ag/c1-4-7-10(8-5-2)9-6-3;1-3(9)2-4(10)5(6,7)8;/h10H,4-6H2,1-3H3;3-4,9-10H,2H2,1H3;/q+1;;. The van der Waals surface area contributed by atoms with Crippen molar-refractivity contribution in [1.29, 1.82) is 0 Å². The van der Waals surface area contributed by atoms with Gasteiger partial charge in [-0.3, -0.25) is 0 Å². The van der Waals surface area contributed by atoms with Gasteiger partial charge in [-0.05, 0) is 27.7 Å². The Morgan fingerprint density at radius 2 is 1.29 bits per heavy atom. The van der Waals surface area contributed by atoms with Crippen LogP contribution >= 0.6 is 8.60 Å². The fourth-order valence-corrected chi connectivity index (χ4v) is 1.89. The van der Waals surface area contributed by atoms with Crippen molar-refractivity contribution in [2.45, 2.75) is 52.5 Å². The Kier molecular flexibility index (Phi) is 19.9. The molecule has 21 heavy (non-hydrogen) atoms. The zero-order valence-corrected chi connectivity index (χ0v) is 15.0. The molecule has 0 rings (SSSR count). The van der Waals surface area contributed by atoms with Crippen LogP contribution in [0.2, 0.25) is 0 Å². The Hall–Kier alpha value is 0.760. The third-order valence-electron chi connectivity index (χ3n) is 1.73. The SMILES string of the molecule is CC(O)CC(O)C(F)(F)F.CCO[PH+](OCC)OCC.[Ag]. The molecule has 0 aliphatic carbocycles. The molecule has 0 amide bonds. The first-order chi connectivity index (χ1) is 9.18. The van der Waals surface area contributed by atoms with Crippen LogP contribution in [0.1, 0.15) is 34.1 Å². The van der Waals surface area contributed by atoms with E-state index in [1.54, 1.807) is 0 Å². The summed E-state index contributed by atoms with van der Waals surface area (Å²) in [5, 5.41) is 16.7. The average Bonchev–Trinajstić information content (AvgIpc) is 2.28. The third kappa shape index (κ3) is 18.7. The maximum absolute atomic E-state index is 11.4. The van der Waals surface area contributed by atoms with E-state index < -0.39 is 33.4 Å². The smallest absolute Gasteiger partial charge is 0.393 e. The van der Waals surface area contributed by atoms with Gasteiger partial charge in [0.05, 0.1) is 25.9 Å². The number of hydrogen-bond donors (Lipinski definition) is 2. The minimum atomic E-state index is -4.61. The van der Waals surface area contributed by atoms with Gasteiger partial charge >= 0.3 is 14.8 Å². The van der Waals surface area contributed by atoms with Crippen LogP contribution in [0, 0.1) is 0 Å². The number of aliphatic hydroxyl groups excluding tert-OH is 2. The van der Waals surface area contributed by atoms with E-state index in [0.717, 1.165) is 0 Å². The molecular formula is C11H25AgF3O5P+. The summed E-state index contributed by atoms with van der Waals surface area (Å²) in [6, 6.07) is 0. The fourth-order valence-electron chi connectivity index (χ4n) is 0.935. The van der Waals surface area contributed by atoms with E-state index in [2.05, 4.69) is 0 Å². The Morgan fingerprint density at radius 1 is 0.952 bits per heavy atom. The van der Waals surface area contributed by atoms with E-state index in [9.17, 15) is 13.2 Å². The summed E-state index contributed by atoms with van der Waals surface area (Å²) in [5.74, 6) is 0. The quantitative estimate of drug-likeness (QED) is 0.456. The van der Waals surface area contributed by atoms with Crippen molar-refractivity contribution in [2.75, 3.05) is 19.8 Å². The van der Waals surface area contributed by atoms with Crippen molar-refractivity contribution in [3.8, 4) is 0 Å². The van der Waals surface area contributed by atoms with Gasteiger partial charge in [0.1, 0.15) is 0 Å². The monoisotopic (exact) mass is 432 g/mol. The van der Waals surface area contributed by atoms with Gasteiger partial charge in [0.15, 0.2) is 6.10 Å². The second kappa shape index (κ2) is 15.6. The van der Waals surface area contributed by atoms with Gasteiger partial charge in [-0.25, -0.2) is 0 Å². The van der Waals surface area contributed by atoms with Crippen LogP contribution in [0.3, 0.4) is 0 Å². The fraction of sp³-hybridized carbons (Fsp3) is 1.00. The Labute approximate surface area is 140 Å².